The molecule has 1 saturated heterocycles. The molecule has 2 N–H and O–H groups in total. The van der Waals surface area contributed by atoms with E-state index in [1.165, 1.54) is 0 Å². The number of benzene rings is 2. The highest BCUT2D eigenvalue weighted by atomic mass is 16.5. The van der Waals surface area contributed by atoms with Crippen LogP contribution in [-0.2, 0) is 6.42 Å². The summed E-state index contributed by atoms with van der Waals surface area (Å²) in [4.78, 5) is 18.9. The lowest BCUT2D eigenvalue weighted by atomic mass is 10.0. The van der Waals surface area contributed by atoms with Crippen LogP contribution in [0.2, 0.25) is 0 Å². The number of nitriles is 1. The number of nitrogens with one attached hydrogen (secondary N) is 1. The van der Waals surface area contributed by atoms with Crippen molar-refractivity contribution in [2.45, 2.75) is 51.4 Å². The molecule has 1 aromatic heterocycles. The third-order valence-electron chi connectivity index (χ3n) is 6.40. The van der Waals surface area contributed by atoms with Crippen molar-refractivity contribution >= 4 is 6.03 Å². The van der Waals surface area contributed by atoms with Gasteiger partial charge in [0.2, 0.25) is 5.82 Å². The number of hydrogen-bond donors (Lipinski definition) is 2. The number of ether oxygens (including phenoxy) is 1. The van der Waals surface area contributed by atoms with Crippen LogP contribution in [0.5, 0.6) is 5.75 Å². The summed E-state index contributed by atoms with van der Waals surface area (Å²) in [7, 11) is 0. The summed E-state index contributed by atoms with van der Waals surface area (Å²) >= 11 is 0. The van der Waals surface area contributed by atoms with Crippen molar-refractivity contribution in [2.75, 3.05) is 13.1 Å². The molecule has 0 saturated carbocycles. The fraction of sp³-hybridized carbons (Fsp3) is 0.385. The molecule has 2 aromatic carbocycles. The number of fused-ring (bicyclic) bond motifs is 1. The average Bonchev–Trinajstić information content (AvgIpc) is 3.59. The maximum Gasteiger partial charge on any atom is 0.317 e. The molecule has 5 rings (SSSR count). The van der Waals surface area contributed by atoms with Crippen LogP contribution in [0.25, 0.3) is 22.8 Å². The molecule has 3 aromatic rings. The highest BCUT2D eigenvalue weighted by molar-refractivity contribution is 5.76. The van der Waals surface area contributed by atoms with E-state index in [-0.39, 0.29) is 18.2 Å². The molecule has 2 atom stereocenters. The van der Waals surface area contributed by atoms with Gasteiger partial charge in [-0.15, -0.1) is 0 Å². The van der Waals surface area contributed by atoms with E-state index in [1.807, 2.05) is 32.0 Å². The number of aromatic nitrogens is 2. The van der Waals surface area contributed by atoms with Crippen LogP contribution >= 0.6 is 0 Å². The first-order valence-electron chi connectivity index (χ1n) is 11.8. The minimum Gasteiger partial charge on any atom is -0.490 e. The number of nitrogens with zero attached hydrogens (tertiary/aromatic N) is 4. The molecule has 2 amide bonds. The molecule has 180 valence electrons. The maximum absolute atomic E-state index is 12.6. The fourth-order valence-corrected chi connectivity index (χ4v) is 4.74. The van der Waals surface area contributed by atoms with Crippen LogP contribution < -0.4 is 10.1 Å². The highest BCUT2D eigenvalue weighted by Gasteiger charge is 2.31. The number of likely N-dealkylation sites (tertiary alicyclic amines) is 1. The lowest BCUT2D eigenvalue weighted by Gasteiger charge is -2.21. The van der Waals surface area contributed by atoms with Gasteiger partial charge in [0, 0.05) is 24.2 Å². The van der Waals surface area contributed by atoms with Crippen molar-refractivity contribution in [3.05, 3.63) is 53.1 Å². The Morgan fingerprint density at radius 1 is 1.31 bits per heavy atom. The van der Waals surface area contributed by atoms with Crippen molar-refractivity contribution in [3.63, 3.8) is 0 Å². The zero-order valence-corrected chi connectivity index (χ0v) is 19.7. The molecular weight excluding hydrogens is 446 g/mol. The van der Waals surface area contributed by atoms with Gasteiger partial charge in [0.1, 0.15) is 11.8 Å². The molecule has 0 radical (unpaired) electrons. The van der Waals surface area contributed by atoms with Gasteiger partial charge in [-0.3, -0.25) is 0 Å². The topological polar surface area (TPSA) is 125 Å². The average molecular weight is 474 g/mol. The number of rotatable bonds is 5. The van der Waals surface area contributed by atoms with Gasteiger partial charge in [-0.25, -0.2) is 4.79 Å². The smallest absolute Gasteiger partial charge is 0.317 e. The summed E-state index contributed by atoms with van der Waals surface area (Å²) < 4.78 is 11.2. The number of hydrogen-bond acceptors (Lipinski definition) is 7. The van der Waals surface area contributed by atoms with E-state index in [4.69, 9.17) is 9.26 Å². The summed E-state index contributed by atoms with van der Waals surface area (Å²) in [5, 5.41) is 26.6. The fourth-order valence-electron chi connectivity index (χ4n) is 4.74. The van der Waals surface area contributed by atoms with Gasteiger partial charge in [-0.05, 0) is 62.4 Å². The lowest BCUT2D eigenvalue weighted by Crippen LogP contribution is -2.40. The Hall–Kier alpha value is -3.90. The number of urea groups is 1. The number of aliphatic hydroxyl groups excluding tert-OH is 1. The Balaban J connectivity index is 1.37. The Bertz CT molecular complexity index is 1300. The molecular formula is C26H27N5O4. The van der Waals surface area contributed by atoms with Crippen molar-refractivity contribution in [1.29, 1.82) is 5.26 Å². The first-order valence-corrected chi connectivity index (χ1v) is 11.8. The number of amides is 2. The highest BCUT2D eigenvalue weighted by Crippen LogP contribution is 2.38. The van der Waals surface area contributed by atoms with Gasteiger partial charge in [0.05, 0.1) is 23.8 Å². The third-order valence-corrected chi connectivity index (χ3v) is 6.40. The molecule has 2 aliphatic rings. The van der Waals surface area contributed by atoms with Gasteiger partial charge in [0.25, 0.3) is 5.89 Å². The largest absolute Gasteiger partial charge is 0.490 e. The number of carbonyl (C=O) groups is 1. The first kappa shape index (κ1) is 22.9. The third kappa shape index (κ3) is 4.57. The van der Waals surface area contributed by atoms with Crippen LogP contribution in [0.3, 0.4) is 0 Å². The van der Waals surface area contributed by atoms with Crippen LogP contribution in [0.1, 0.15) is 49.4 Å². The van der Waals surface area contributed by atoms with Crippen LogP contribution in [0.4, 0.5) is 4.79 Å². The van der Waals surface area contributed by atoms with Crippen molar-refractivity contribution in [2.24, 2.45) is 0 Å². The van der Waals surface area contributed by atoms with Gasteiger partial charge >= 0.3 is 6.03 Å². The zero-order chi connectivity index (χ0) is 24.5. The van der Waals surface area contributed by atoms with Crippen LogP contribution in [0.15, 0.2) is 40.9 Å². The molecule has 1 aliphatic heterocycles. The van der Waals surface area contributed by atoms with E-state index in [9.17, 15) is 15.2 Å². The summed E-state index contributed by atoms with van der Waals surface area (Å²) in [6, 6.07) is 13.0. The standard InChI is InChI=1S/C26H27N5O4/c1-15(2)34-23-9-6-16(12-17(23)13-27)25-29-24(30-35-25)21-5-3-4-20-19(21)7-8-22(20)28-26(33)31-11-10-18(32)14-31/h3-6,9,12,15,18,22,32H,7-8,10-11,14H2,1-2H3,(H,28,33)/t18-,22+/m0/s1. The van der Waals surface area contributed by atoms with E-state index >= 15 is 0 Å². The minimum absolute atomic E-state index is 0.0429. The molecule has 35 heavy (non-hydrogen) atoms. The van der Waals surface area contributed by atoms with E-state index in [2.05, 4.69) is 21.5 Å². The molecule has 0 bridgehead atoms. The van der Waals surface area contributed by atoms with Crippen molar-refractivity contribution < 1.29 is 19.2 Å². The number of β-amino-alcohol motifs (C(OH)–C–C–N with tert-alkyl or cyclic N) is 1. The number of carbonyl (C=O) groups excluding carboxylic acids is 1. The SMILES string of the molecule is CC(C)Oc1ccc(-c2nc(-c3cccc4c3CC[C@H]4NC(=O)N3CC[C@H](O)C3)no2)cc1C#N. The first-order chi connectivity index (χ1) is 16.9. The molecule has 9 heteroatoms. The van der Waals surface area contributed by atoms with Crippen molar-refractivity contribution in [3.8, 4) is 34.7 Å². The second kappa shape index (κ2) is 9.39. The minimum atomic E-state index is -0.446. The predicted octanol–water partition coefficient (Wildman–Crippen LogP) is 3.83. The Kier molecular flexibility index (Phi) is 6.14. The Morgan fingerprint density at radius 2 is 2.17 bits per heavy atom. The second-order valence-corrected chi connectivity index (χ2v) is 9.22. The summed E-state index contributed by atoms with van der Waals surface area (Å²) in [6.07, 6.45) is 1.69. The normalized spacial score (nSPS) is 19.0. The monoisotopic (exact) mass is 473 g/mol. The molecule has 0 unspecified atom stereocenters. The molecule has 1 aliphatic carbocycles. The zero-order valence-electron chi connectivity index (χ0n) is 19.7. The Labute approximate surface area is 203 Å². The second-order valence-electron chi connectivity index (χ2n) is 9.22. The Morgan fingerprint density at radius 3 is 2.91 bits per heavy atom. The summed E-state index contributed by atoms with van der Waals surface area (Å²) in [5.74, 6) is 1.30. The van der Waals surface area contributed by atoms with E-state index in [0.717, 1.165) is 29.5 Å². The van der Waals surface area contributed by atoms with Gasteiger partial charge in [-0.1, -0.05) is 23.4 Å². The van der Waals surface area contributed by atoms with Gasteiger partial charge in [-0.2, -0.15) is 10.2 Å². The van der Waals surface area contributed by atoms with Crippen LogP contribution in [0, 0.1) is 11.3 Å². The number of aliphatic hydroxyl groups is 1. The van der Waals surface area contributed by atoms with E-state index < -0.39 is 6.10 Å². The van der Waals surface area contributed by atoms with Gasteiger partial charge < -0.3 is 24.6 Å². The summed E-state index contributed by atoms with van der Waals surface area (Å²) in [5.41, 5.74) is 4.04. The molecule has 9 nitrogen and oxygen atoms in total. The summed E-state index contributed by atoms with van der Waals surface area (Å²) in [6.45, 7) is 4.75. The molecule has 2 heterocycles. The predicted molar refractivity (Wildman–Crippen MR) is 127 cm³/mol. The quantitative estimate of drug-likeness (QED) is 0.577. The van der Waals surface area contributed by atoms with Crippen molar-refractivity contribution in [1.82, 2.24) is 20.4 Å². The lowest BCUT2D eigenvalue weighted by molar-refractivity contribution is 0.170. The maximum atomic E-state index is 12.6. The van der Waals surface area contributed by atoms with E-state index in [1.54, 1.807) is 23.1 Å². The van der Waals surface area contributed by atoms with Gasteiger partial charge in [0.15, 0.2) is 0 Å². The molecule has 1 fully saturated rings. The van der Waals surface area contributed by atoms with E-state index in [0.29, 0.717) is 48.1 Å². The molecule has 0 spiro atoms. The van der Waals surface area contributed by atoms with Crippen LogP contribution in [-0.4, -0.2) is 51.5 Å².